The Bertz CT molecular complexity index is 214. The molecule has 1 aliphatic heterocycles. The Balaban J connectivity index is 0.00000289. The summed E-state index contributed by atoms with van der Waals surface area (Å²) in [7, 11) is 0. The van der Waals surface area contributed by atoms with Gasteiger partial charge in [-0.15, -0.1) is 24.2 Å². The van der Waals surface area contributed by atoms with E-state index < -0.39 is 0 Å². The van der Waals surface area contributed by atoms with Gasteiger partial charge in [0.1, 0.15) is 0 Å². The van der Waals surface area contributed by atoms with Crippen molar-refractivity contribution in [2.24, 2.45) is 0 Å². The third-order valence-electron chi connectivity index (χ3n) is 2.68. The summed E-state index contributed by atoms with van der Waals surface area (Å²) < 4.78 is 5.61. The summed E-state index contributed by atoms with van der Waals surface area (Å²) in [6.07, 6.45) is 3.96. The number of carbonyl (C=O) groups is 1. The van der Waals surface area contributed by atoms with Gasteiger partial charge in [-0.05, 0) is 25.8 Å². The van der Waals surface area contributed by atoms with E-state index in [4.69, 9.17) is 4.74 Å². The molecular weight excluding hydrogens is 272 g/mol. The number of thioether (sulfide) groups is 1. The fourth-order valence-corrected chi connectivity index (χ4v) is 2.67. The van der Waals surface area contributed by atoms with Gasteiger partial charge < -0.3 is 15.4 Å². The minimum absolute atomic E-state index is 0. The van der Waals surface area contributed by atoms with E-state index in [0.29, 0.717) is 18.4 Å². The lowest BCUT2D eigenvalue weighted by Crippen LogP contribution is -2.33. The van der Waals surface area contributed by atoms with Crippen molar-refractivity contribution >= 4 is 30.1 Å². The molecule has 4 nitrogen and oxygen atoms in total. The molecule has 1 amide bonds. The van der Waals surface area contributed by atoms with Crippen LogP contribution in [0.1, 0.15) is 26.2 Å². The molecule has 1 unspecified atom stereocenters. The highest BCUT2D eigenvalue weighted by molar-refractivity contribution is 7.99. The van der Waals surface area contributed by atoms with Crippen LogP contribution < -0.4 is 10.6 Å². The minimum Gasteiger partial charge on any atom is -0.377 e. The molecule has 1 atom stereocenters. The molecule has 18 heavy (non-hydrogen) atoms. The first-order chi connectivity index (χ1) is 8.33. The number of amides is 1. The summed E-state index contributed by atoms with van der Waals surface area (Å²) in [4.78, 5) is 11.4. The van der Waals surface area contributed by atoms with E-state index in [2.05, 4.69) is 17.6 Å². The summed E-state index contributed by atoms with van der Waals surface area (Å²) in [5, 5.41) is 6.06. The summed E-state index contributed by atoms with van der Waals surface area (Å²) in [6.45, 7) is 5.46. The van der Waals surface area contributed by atoms with Crippen LogP contribution in [0.15, 0.2) is 0 Å². The molecule has 0 bridgehead atoms. The number of rotatable bonds is 8. The molecule has 0 aromatic carbocycles. The molecular formula is C12H25ClN2O2S. The molecule has 0 aliphatic carbocycles. The largest absolute Gasteiger partial charge is 0.377 e. The third kappa shape index (κ3) is 9.03. The highest BCUT2D eigenvalue weighted by Crippen LogP contribution is 2.16. The minimum atomic E-state index is 0. The topological polar surface area (TPSA) is 50.4 Å². The standard InChI is InChI=1S/C12H24N2O2S.ClH/c1-2-13-6-7-14-12(15)10-17-9-11-5-3-4-8-16-11;/h11,13H,2-10H2,1H3,(H,14,15);1H. The van der Waals surface area contributed by atoms with Crippen molar-refractivity contribution in [1.82, 2.24) is 10.6 Å². The van der Waals surface area contributed by atoms with Gasteiger partial charge in [-0.1, -0.05) is 6.92 Å². The smallest absolute Gasteiger partial charge is 0.230 e. The molecule has 0 aromatic rings. The van der Waals surface area contributed by atoms with Crippen LogP contribution in [-0.4, -0.2) is 49.8 Å². The molecule has 1 rings (SSSR count). The zero-order valence-electron chi connectivity index (χ0n) is 11.1. The number of halogens is 1. The van der Waals surface area contributed by atoms with Gasteiger partial charge in [0.15, 0.2) is 0 Å². The van der Waals surface area contributed by atoms with Gasteiger partial charge in [0.05, 0.1) is 11.9 Å². The first-order valence-corrected chi connectivity index (χ1v) is 7.65. The van der Waals surface area contributed by atoms with Crippen LogP contribution >= 0.6 is 24.2 Å². The van der Waals surface area contributed by atoms with E-state index in [1.165, 1.54) is 12.8 Å². The number of likely N-dealkylation sites (N-methyl/N-ethyl adjacent to an activating group) is 1. The molecule has 0 saturated carbocycles. The van der Waals surface area contributed by atoms with E-state index in [1.54, 1.807) is 11.8 Å². The first-order valence-electron chi connectivity index (χ1n) is 6.49. The van der Waals surface area contributed by atoms with Gasteiger partial charge in [-0.2, -0.15) is 0 Å². The predicted octanol–water partition coefficient (Wildman–Crippen LogP) is 1.44. The second-order valence-corrected chi connectivity index (χ2v) is 5.24. The van der Waals surface area contributed by atoms with Crippen molar-refractivity contribution in [3.05, 3.63) is 0 Å². The van der Waals surface area contributed by atoms with Crippen LogP contribution in [0.2, 0.25) is 0 Å². The van der Waals surface area contributed by atoms with E-state index in [-0.39, 0.29) is 18.3 Å². The fraction of sp³-hybridized carbons (Fsp3) is 0.917. The van der Waals surface area contributed by atoms with E-state index in [0.717, 1.165) is 31.9 Å². The number of hydrogen-bond acceptors (Lipinski definition) is 4. The van der Waals surface area contributed by atoms with Crippen molar-refractivity contribution in [1.29, 1.82) is 0 Å². The van der Waals surface area contributed by atoms with Crippen LogP contribution in [-0.2, 0) is 9.53 Å². The molecule has 0 aromatic heterocycles. The molecule has 1 aliphatic rings. The highest BCUT2D eigenvalue weighted by Gasteiger charge is 2.14. The predicted molar refractivity (Wildman–Crippen MR) is 79.7 cm³/mol. The Kier molecular flexibility index (Phi) is 12.1. The third-order valence-corrected chi connectivity index (χ3v) is 3.76. The monoisotopic (exact) mass is 296 g/mol. The maximum Gasteiger partial charge on any atom is 0.230 e. The number of ether oxygens (including phenoxy) is 1. The highest BCUT2D eigenvalue weighted by atomic mass is 35.5. The second-order valence-electron chi connectivity index (χ2n) is 4.21. The van der Waals surface area contributed by atoms with Gasteiger partial charge in [-0.25, -0.2) is 0 Å². The lowest BCUT2D eigenvalue weighted by molar-refractivity contribution is -0.118. The first kappa shape index (κ1) is 18.0. The molecule has 1 saturated heterocycles. The average molecular weight is 297 g/mol. The average Bonchev–Trinajstić information content (AvgIpc) is 2.36. The van der Waals surface area contributed by atoms with Gasteiger partial charge in [0, 0.05) is 25.4 Å². The van der Waals surface area contributed by atoms with Crippen molar-refractivity contribution in [2.45, 2.75) is 32.3 Å². The summed E-state index contributed by atoms with van der Waals surface area (Å²) >= 11 is 1.67. The molecule has 1 fully saturated rings. The number of nitrogens with one attached hydrogen (secondary N) is 2. The van der Waals surface area contributed by atoms with Crippen LogP contribution in [0, 0.1) is 0 Å². The van der Waals surface area contributed by atoms with E-state index in [9.17, 15) is 4.79 Å². The van der Waals surface area contributed by atoms with Crippen LogP contribution in [0.5, 0.6) is 0 Å². The maximum absolute atomic E-state index is 11.4. The van der Waals surface area contributed by atoms with Crippen molar-refractivity contribution < 1.29 is 9.53 Å². The summed E-state index contributed by atoms with van der Waals surface area (Å²) in [6, 6.07) is 0. The fourth-order valence-electron chi connectivity index (χ4n) is 1.74. The normalized spacial score (nSPS) is 19.1. The quantitative estimate of drug-likeness (QED) is 0.666. The van der Waals surface area contributed by atoms with Gasteiger partial charge >= 0.3 is 0 Å². The number of carbonyl (C=O) groups excluding carboxylic acids is 1. The van der Waals surface area contributed by atoms with Crippen LogP contribution in [0.3, 0.4) is 0 Å². The maximum atomic E-state index is 11.4. The second kappa shape index (κ2) is 12.1. The molecule has 2 N–H and O–H groups in total. The SMILES string of the molecule is CCNCCNC(=O)CSCC1CCCCO1.Cl. The summed E-state index contributed by atoms with van der Waals surface area (Å²) in [5.41, 5.74) is 0. The van der Waals surface area contributed by atoms with Crippen molar-refractivity contribution in [3.63, 3.8) is 0 Å². The Morgan fingerprint density at radius 2 is 2.22 bits per heavy atom. The van der Waals surface area contributed by atoms with Gasteiger partial charge in [0.25, 0.3) is 0 Å². The zero-order valence-corrected chi connectivity index (χ0v) is 12.7. The Labute approximate surface area is 120 Å². The van der Waals surface area contributed by atoms with Crippen LogP contribution in [0.25, 0.3) is 0 Å². The van der Waals surface area contributed by atoms with Gasteiger partial charge in [0.2, 0.25) is 5.91 Å². The van der Waals surface area contributed by atoms with Crippen molar-refractivity contribution in [2.75, 3.05) is 37.7 Å². The van der Waals surface area contributed by atoms with Gasteiger partial charge in [-0.3, -0.25) is 4.79 Å². The Morgan fingerprint density at radius 3 is 2.89 bits per heavy atom. The molecule has 6 heteroatoms. The summed E-state index contributed by atoms with van der Waals surface area (Å²) in [5.74, 6) is 1.62. The Hall–Kier alpha value is 0.0300. The van der Waals surface area contributed by atoms with Crippen molar-refractivity contribution in [3.8, 4) is 0 Å². The molecule has 108 valence electrons. The number of hydrogen-bond donors (Lipinski definition) is 2. The van der Waals surface area contributed by atoms with E-state index >= 15 is 0 Å². The van der Waals surface area contributed by atoms with E-state index in [1.807, 2.05) is 0 Å². The lowest BCUT2D eigenvalue weighted by atomic mass is 10.1. The molecule has 1 heterocycles. The van der Waals surface area contributed by atoms with Crippen LogP contribution in [0.4, 0.5) is 0 Å². The lowest BCUT2D eigenvalue weighted by Gasteiger charge is -2.21. The molecule has 0 spiro atoms. The zero-order chi connectivity index (χ0) is 12.3. The molecule has 0 radical (unpaired) electrons. The Morgan fingerprint density at radius 1 is 1.39 bits per heavy atom.